The maximum atomic E-state index is 12.0. The zero-order valence-electron chi connectivity index (χ0n) is 19.3. The normalized spacial score (nSPS) is 16.0. The first-order valence-corrected chi connectivity index (χ1v) is 11.9. The quantitative estimate of drug-likeness (QED) is 0.364. The van der Waals surface area contributed by atoms with Gasteiger partial charge in [-0.15, -0.1) is 0 Å². The fourth-order valence-electron chi connectivity index (χ4n) is 4.26. The van der Waals surface area contributed by atoms with Crippen LogP contribution in [0, 0.1) is 0 Å². The highest BCUT2D eigenvalue weighted by Crippen LogP contribution is 2.39. The van der Waals surface area contributed by atoms with Gasteiger partial charge in [0.15, 0.2) is 0 Å². The summed E-state index contributed by atoms with van der Waals surface area (Å²) in [4.78, 5) is 28.3. The van der Waals surface area contributed by atoms with Gasteiger partial charge in [0.05, 0.1) is 13.2 Å². The second-order valence-corrected chi connectivity index (χ2v) is 8.82. The monoisotopic (exact) mass is 501 g/mol. The SMILES string of the molecule is CCCOC(=O)NCC(O)COc1ccc(C2c3[nH]c4ccc(Cl)cc4c3CCN2C(=O)O)cc1. The number of hydrogen-bond acceptors (Lipinski definition) is 5. The molecular formula is C25H28ClN3O6. The molecule has 2 amide bonds. The van der Waals surface area contributed by atoms with Crippen LogP contribution < -0.4 is 10.1 Å². The minimum Gasteiger partial charge on any atom is -0.491 e. The summed E-state index contributed by atoms with van der Waals surface area (Å²) in [6, 6.07) is 12.2. The largest absolute Gasteiger partial charge is 0.491 e. The number of nitrogens with zero attached hydrogens (tertiary/aromatic N) is 1. The number of aliphatic hydroxyl groups is 1. The molecule has 2 aromatic carbocycles. The van der Waals surface area contributed by atoms with Crippen molar-refractivity contribution in [2.75, 3.05) is 26.3 Å². The third-order valence-corrected chi connectivity index (χ3v) is 6.13. The van der Waals surface area contributed by atoms with Gasteiger partial charge >= 0.3 is 12.2 Å². The molecule has 2 atom stereocenters. The summed E-state index contributed by atoms with van der Waals surface area (Å²) in [6.07, 6.45) is -1.17. The van der Waals surface area contributed by atoms with Crippen molar-refractivity contribution < 1.29 is 29.3 Å². The molecule has 4 rings (SSSR count). The average molecular weight is 502 g/mol. The summed E-state index contributed by atoms with van der Waals surface area (Å²) in [6.45, 7) is 2.56. The molecule has 186 valence electrons. The van der Waals surface area contributed by atoms with Gasteiger partial charge in [-0.3, -0.25) is 4.90 Å². The van der Waals surface area contributed by atoms with E-state index in [9.17, 15) is 19.8 Å². The third kappa shape index (κ3) is 5.63. The van der Waals surface area contributed by atoms with Gasteiger partial charge in [-0.25, -0.2) is 9.59 Å². The van der Waals surface area contributed by atoms with Crippen molar-refractivity contribution in [3.8, 4) is 5.75 Å². The van der Waals surface area contributed by atoms with Crippen LogP contribution in [0.15, 0.2) is 42.5 Å². The number of ether oxygens (including phenoxy) is 2. The zero-order valence-corrected chi connectivity index (χ0v) is 20.0. The second-order valence-electron chi connectivity index (χ2n) is 8.39. The van der Waals surface area contributed by atoms with Crippen LogP contribution in [0.5, 0.6) is 5.75 Å². The molecule has 0 bridgehead atoms. The zero-order chi connectivity index (χ0) is 24.9. The second kappa shape index (κ2) is 10.9. The number of alkyl carbamates (subject to hydrolysis) is 1. The van der Waals surface area contributed by atoms with Crippen molar-refractivity contribution in [1.82, 2.24) is 15.2 Å². The van der Waals surface area contributed by atoms with E-state index < -0.39 is 24.3 Å². The first-order chi connectivity index (χ1) is 16.9. The standard InChI is InChI=1S/C25H28ClN3O6/c1-2-11-34-24(31)27-13-17(30)14-35-18-6-3-15(4-7-18)23-22-19(9-10-29(23)25(32)33)20-12-16(26)5-8-21(20)28-22/h3-8,12,17,23,28,30H,2,9-11,13-14H2,1H3,(H,27,31)(H,32,33). The number of halogens is 1. The molecule has 1 aromatic heterocycles. The number of rotatable bonds is 8. The summed E-state index contributed by atoms with van der Waals surface area (Å²) in [7, 11) is 0. The number of aromatic nitrogens is 1. The van der Waals surface area contributed by atoms with Crippen molar-refractivity contribution in [3.05, 3.63) is 64.3 Å². The van der Waals surface area contributed by atoms with Crippen molar-refractivity contribution >= 4 is 34.7 Å². The van der Waals surface area contributed by atoms with E-state index in [1.54, 1.807) is 18.2 Å². The Morgan fingerprint density at radius 2 is 2.03 bits per heavy atom. The molecular weight excluding hydrogens is 474 g/mol. The Balaban J connectivity index is 1.46. The van der Waals surface area contributed by atoms with Crippen molar-refractivity contribution in [1.29, 1.82) is 0 Å². The lowest BCUT2D eigenvalue weighted by Crippen LogP contribution is -2.39. The molecule has 35 heavy (non-hydrogen) atoms. The Morgan fingerprint density at radius 1 is 1.26 bits per heavy atom. The van der Waals surface area contributed by atoms with Gasteiger partial charge in [0.2, 0.25) is 0 Å². The van der Waals surface area contributed by atoms with Crippen LogP contribution in [-0.4, -0.2) is 64.7 Å². The number of nitrogens with one attached hydrogen (secondary N) is 2. The van der Waals surface area contributed by atoms with E-state index in [0.29, 0.717) is 30.3 Å². The Kier molecular flexibility index (Phi) is 7.67. The first-order valence-electron chi connectivity index (χ1n) is 11.5. The van der Waals surface area contributed by atoms with E-state index in [1.165, 1.54) is 4.90 Å². The average Bonchev–Trinajstić information content (AvgIpc) is 3.22. The van der Waals surface area contributed by atoms with Crippen LogP contribution in [-0.2, 0) is 11.2 Å². The van der Waals surface area contributed by atoms with Gasteiger partial charge in [0.25, 0.3) is 0 Å². The number of aliphatic hydroxyl groups excluding tert-OH is 1. The molecule has 4 N–H and O–H groups in total. The number of aromatic amines is 1. The lowest BCUT2D eigenvalue weighted by Gasteiger charge is -2.34. The summed E-state index contributed by atoms with van der Waals surface area (Å²) in [5.41, 5.74) is 3.61. The number of H-pyrrole nitrogens is 1. The van der Waals surface area contributed by atoms with E-state index in [-0.39, 0.29) is 13.2 Å². The summed E-state index contributed by atoms with van der Waals surface area (Å²) < 4.78 is 10.5. The Bertz CT molecular complexity index is 1200. The van der Waals surface area contributed by atoms with Crippen molar-refractivity contribution in [3.63, 3.8) is 0 Å². The fourth-order valence-corrected chi connectivity index (χ4v) is 4.43. The van der Waals surface area contributed by atoms with Gasteiger partial charge in [-0.05, 0) is 54.3 Å². The van der Waals surface area contributed by atoms with E-state index in [0.717, 1.165) is 34.1 Å². The molecule has 1 aliphatic heterocycles. The van der Waals surface area contributed by atoms with Crippen molar-refractivity contribution in [2.45, 2.75) is 31.9 Å². The summed E-state index contributed by atoms with van der Waals surface area (Å²) >= 11 is 6.20. The Hall–Kier alpha value is -3.43. The van der Waals surface area contributed by atoms with Crippen LogP contribution >= 0.6 is 11.6 Å². The number of hydrogen-bond donors (Lipinski definition) is 4. The van der Waals surface area contributed by atoms with Gasteiger partial charge in [0.1, 0.15) is 24.5 Å². The summed E-state index contributed by atoms with van der Waals surface area (Å²) in [5, 5.41) is 24.0. The van der Waals surface area contributed by atoms with Crippen LogP contribution in [0.25, 0.3) is 10.9 Å². The molecule has 0 aliphatic carbocycles. The molecule has 1 aliphatic rings. The van der Waals surface area contributed by atoms with Gasteiger partial charge < -0.3 is 30.0 Å². The molecule has 2 unspecified atom stereocenters. The van der Waals surface area contributed by atoms with E-state index in [1.807, 2.05) is 31.2 Å². The lowest BCUT2D eigenvalue weighted by atomic mass is 9.92. The third-order valence-electron chi connectivity index (χ3n) is 5.89. The number of fused-ring (bicyclic) bond motifs is 3. The first kappa shape index (κ1) is 24.7. The highest BCUT2D eigenvalue weighted by Gasteiger charge is 2.34. The lowest BCUT2D eigenvalue weighted by molar-refractivity contribution is 0.0980. The highest BCUT2D eigenvalue weighted by molar-refractivity contribution is 6.31. The molecule has 0 spiro atoms. The van der Waals surface area contributed by atoms with Crippen LogP contribution in [0.2, 0.25) is 5.02 Å². The number of carbonyl (C=O) groups excluding carboxylic acids is 1. The fraction of sp³-hybridized carbons (Fsp3) is 0.360. The van der Waals surface area contributed by atoms with E-state index in [2.05, 4.69) is 10.3 Å². The minimum absolute atomic E-state index is 0.00343. The van der Waals surface area contributed by atoms with Crippen LogP contribution in [0.1, 0.15) is 36.2 Å². The molecule has 0 radical (unpaired) electrons. The predicted octanol–water partition coefficient (Wildman–Crippen LogP) is 4.32. The molecule has 10 heteroatoms. The number of carbonyl (C=O) groups is 2. The van der Waals surface area contributed by atoms with E-state index >= 15 is 0 Å². The molecule has 9 nitrogen and oxygen atoms in total. The Labute approximate surface area is 207 Å². The maximum Gasteiger partial charge on any atom is 0.408 e. The van der Waals surface area contributed by atoms with Gasteiger partial charge in [-0.2, -0.15) is 0 Å². The number of benzene rings is 2. The van der Waals surface area contributed by atoms with Gasteiger partial charge in [-0.1, -0.05) is 30.7 Å². The highest BCUT2D eigenvalue weighted by atomic mass is 35.5. The summed E-state index contributed by atoms with van der Waals surface area (Å²) in [5.74, 6) is 0.516. The molecule has 0 saturated heterocycles. The van der Waals surface area contributed by atoms with Crippen LogP contribution in [0.3, 0.4) is 0 Å². The minimum atomic E-state index is -0.995. The maximum absolute atomic E-state index is 12.0. The van der Waals surface area contributed by atoms with Crippen LogP contribution in [0.4, 0.5) is 9.59 Å². The van der Waals surface area contributed by atoms with Gasteiger partial charge in [0, 0.05) is 28.2 Å². The number of amides is 2. The predicted molar refractivity (Wildman–Crippen MR) is 131 cm³/mol. The Morgan fingerprint density at radius 3 is 2.74 bits per heavy atom. The van der Waals surface area contributed by atoms with Crippen molar-refractivity contribution in [2.24, 2.45) is 0 Å². The molecule has 0 saturated carbocycles. The number of carboxylic acid groups (broad SMARTS) is 1. The topological polar surface area (TPSA) is 124 Å². The molecule has 3 aromatic rings. The smallest absolute Gasteiger partial charge is 0.408 e. The van der Waals surface area contributed by atoms with E-state index in [4.69, 9.17) is 21.1 Å². The molecule has 2 heterocycles. The molecule has 0 fully saturated rings.